The Morgan fingerprint density at radius 3 is 2.46 bits per heavy atom. The minimum atomic E-state index is -4.49. The first-order chi connectivity index (χ1) is 11.7. The first-order valence-electron chi connectivity index (χ1n) is 7.98. The summed E-state index contributed by atoms with van der Waals surface area (Å²) in [6, 6.07) is 1.78. The molecule has 2 atom stereocenters. The average Bonchev–Trinajstić information content (AvgIpc) is 3.18. The van der Waals surface area contributed by atoms with Crippen LogP contribution < -0.4 is 11.7 Å². The van der Waals surface area contributed by atoms with Crippen LogP contribution in [0.4, 0.5) is 13.2 Å². The highest BCUT2D eigenvalue weighted by molar-refractivity contribution is 5.63. The van der Waals surface area contributed by atoms with Crippen LogP contribution in [-0.2, 0) is 11.6 Å². The fourth-order valence-electron chi connectivity index (χ4n) is 4.40. The normalized spacial score (nSPS) is 25.2. The monoisotopic (exact) mass is 372 g/mol. The van der Waals surface area contributed by atoms with Gasteiger partial charge in [0.25, 0.3) is 0 Å². The molecule has 0 aliphatic heterocycles. The summed E-state index contributed by atoms with van der Waals surface area (Å²) in [7, 11) is 0. The first-order valence-corrected chi connectivity index (χ1v) is 7.98. The zero-order valence-electron chi connectivity index (χ0n) is 14.8. The van der Waals surface area contributed by atoms with Gasteiger partial charge in [-0.05, 0) is 35.8 Å². The van der Waals surface area contributed by atoms with Crippen molar-refractivity contribution in [2.24, 2.45) is 17.1 Å². The molecule has 10 heteroatoms. The highest BCUT2D eigenvalue weighted by Crippen LogP contribution is 2.67. The van der Waals surface area contributed by atoms with E-state index in [9.17, 15) is 13.2 Å². The molecule has 4 rings (SSSR count). The Balaban J connectivity index is 0.000000784. The quantitative estimate of drug-likeness (QED) is 0.519. The topological polar surface area (TPSA) is 138 Å². The van der Waals surface area contributed by atoms with Crippen LogP contribution in [0.15, 0.2) is 12.3 Å². The Hall–Kier alpha value is -2.04. The number of H-pyrrole nitrogens is 1. The summed E-state index contributed by atoms with van der Waals surface area (Å²) in [6.45, 7) is 6.61. The predicted molar refractivity (Wildman–Crippen MR) is 89.7 cm³/mol. The van der Waals surface area contributed by atoms with Gasteiger partial charge in [0.1, 0.15) is 5.69 Å². The molecule has 0 unspecified atom stereocenters. The van der Waals surface area contributed by atoms with E-state index in [2.05, 4.69) is 47.8 Å². The van der Waals surface area contributed by atoms with Crippen LogP contribution >= 0.6 is 0 Å². The van der Waals surface area contributed by atoms with E-state index in [0.29, 0.717) is 5.92 Å². The molecule has 0 spiro atoms. The second-order valence-corrected chi connectivity index (χ2v) is 7.34. The first kappa shape index (κ1) is 20.3. The number of rotatable bonds is 1. The molecule has 2 heterocycles. The number of hydrogen-bond donors (Lipinski definition) is 3. The SMILES string of the molecule is CC1(C)[C@H]2CC[C@]1(C)c1nnc(-c3cn[nH]c3C(F)(F)F)cc12.NN.O. The Kier molecular flexibility index (Phi) is 4.90. The number of halogens is 3. The summed E-state index contributed by atoms with van der Waals surface area (Å²) < 4.78 is 39.2. The van der Waals surface area contributed by atoms with Gasteiger partial charge in [-0.2, -0.15) is 28.5 Å². The Morgan fingerprint density at radius 2 is 1.85 bits per heavy atom. The van der Waals surface area contributed by atoms with Gasteiger partial charge < -0.3 is 5.48 Å². The maximum Gasteiger partial charge on any atom is 0.433 e. The lowest BCUT2D eigenvalue weighted by Crippen LogP contribution is -2.32. The number of aromatic amines is 1. The summed E-state index contributed by atoms with van der Waals surface area (Å²) >= 11 is 0. The third-order valence-electron chi connectivity index (χ3n) is 6.15. The number of hydrogen-bond acceptors (Lipinski definition) is 5. The van der Waals surface area contributed by atoms with Crippen molar-refractivity contribution in [1.29, 1.82) is 0 Å². The summed E-state index contributed by atoms with van der Waals surface area (Å²) in [6.07, 6.45) is -1.24. The fraction of sp³-hybridized carbons (Fsp3) is 0.562. The molecular formula is C16H23F3N6O. The van der Waals surface area contributed by atoms with Crippen molar-refractivity contribution in [3.05, 3.63) is 29.2 Å². The summed E-state index contributed by atoms with van der Waals surface area (Å²) in [5.41, 5.74) is 1.30. The third kappa shape index (κ3) is 2.51. The van der Waals surface area contributed by atoms with Gasteiger partial charge in [0.2, 0.25) is 0 Å². The lowest BCUT2D eigenvalue weighted by Gasteiger charge is -2.33. The van der Waals surface area contributed by atoms with E-state index in [0.717, 1.165) is 24.1 Å². The molecule has 0 radical (unpaired) electrons. The summed E-state index contributed by atoms with van der Waals surface area (Å²) in [5, 5.41) is 14.0. The van der Waals surface area contributed by atoms with Crippen molar-refractivity contribution >= 4 is 0 Å². The van der Waals surface area contributed by atoms with Crippen LogP contribution in [0.3, 0.4) is 0 Å². The van der Waals surface area contributed by atoms with Gasteiger partial charge in [-0.15, -0.1) is 0 Å². The number of nitrogens with one attached hydrogen (secondary N) is 1. The molecule has 26 heavy (non-hydrogen) atoms. The van der Waals surface area contributed by atoms with E-state index in [1.165, 1.54) is 6.20 Å². The molecule has 0 aromatic carbocycles. The summed E-state index contributed by atoms with van der Waals surface area (Å²) in [5.74, 6) is 8.32. The van der Waals surface area contributed by atoms with E-state index in [1.54, 1.807) is 6.07 Å². The molecule has 1 saturated carbocycles. The van der Waals surface area contributed by atoms with Gasteiger partial charge in [0.05, 0.1) is 23.1 Å². The average molecular weight is 372 g/mol. The van der Waals surface area contributed by atoms with Gasteiger partial charge in [-0.1, -0.05) is 20.8 Å². The molecule has 7 nitrogen and oxygen atoms in total. The van der Waals surface area contributed by atoms with Crippen molar-refractivity contribution in [2.75, 3.05) is 0 Å². The Morgan fingerprint density at radius 1 is 1.19 bits per heavy atom. The molecule has 0 amide bonds. The maximum absolute atomic E-state index is 13.1. The van der Waals surface area contributed by atoms with Crippen molar-refractivity contribution in [1.82, 2.24) is 20.4 Å². The zero-order valence-corrected chi connectivity index (χ0v) is 14.8. The van der Waals surface area contributed by atoms with Crippen LogP contribution in [0, 0.1) is 5.41 Å². The number of nitrogens with zero attached hydrogens (tertiary/aromatic N) is 3. The van der Waals surface area contributed by atoms with Crippen molar-refractivity contribution in [3.63, 3.8) is 0 Å². The van der Waals surface area contributed by atoms with Crippen LogP contribution in [0.25, 0.3) is 11.3 Å². The number of fused-ring (bicyclic) bond motifs is 5. The number of hydrazine groups is 1. The Bertz CT molecular complexity index is 804. The summed E-state index contributed by atoms with van der Waals surface area (Å²) in [4.78, 5) is 0. The van der Waals surface area contributed by atoms with Gasteiger partial charge in [-0.3, -0.25) is 16.8 Å². The van der Waals surface area contributed by atoms with Crippen molar-refractivity contribution in [3.8, 4) is 11.3 Å². The molecule has 144 valence electrons. The number of aromatic nitrogens is 4. The van der Waals surface area contributed by atoms with E-state index in [4.69, 9.17) is 0 Å². The second-order valence-electron chi connectivity index (χ2n) is 7.34. The fourth-order valence-corrected chi connectivity index (χ4v) is 4.40. The van der Waals surface area contributed by atoms with Gasteiger partial charge in [-0.25, -0.2) is 0 Å². The van der Waals surface area contributed by atoms with Crippen molar-refractivity contribution < 1.29 is 18.6 Å². The number of alkyl halides is 3. The van der Waals surface area contributed by atoms with Crippen LogP contribution in [0.2, 0.25) is 0 Å². The maximum atomic E-state index is 13.1. The molecule has 2 bridgehead atoms. The molecule has 2 aliphatic rings. The minimum Gasteiger partial charge on any atom is -0.412 e. The molecule has 0 saturated heterocycles. The molecule has 2 aromatic rings. The van der Waals surface area contributed by atoms with Gasteiger partial charge >= 0.3 is 6.18 Å². The molecule has 1 fully saturated rings. The van der Waals surface area contributed by atoms with Crippen molar-refractivity contribution in [2.45, 2.75) is 51.1 Å². The Labute approximate surface area is 148 Å². The molecular weight excluding hydrogens is 349 g/mol. The van der Waals surface area contributed by atoms with Crippen LogP contribution in [0.1, 0.15) is 56.5 Å². The van der Waals surface area contributed by atoms with E-state index in [-0.39, 0.29) is 27.6 Å². The van der Waals surface area contributed by atoms with Gasteiger partial charge in [0.15, 0.2) is 0 Å². The largest absolute Gasteiger partial charge is 0.433 e. The van der Waals surface area contributed by atoms with E-state index >= 15 is 0 Å². The molecule has 2 aliphatic carbocycles. The lowest BCUT2D eigenvalue weighted by atomic mass is 9.70. The zero-order chi connectivity index (χ0) is 18.6. The third-order valence-corrected chi connectivity index (χ3v) is 6.15. The lowest BCUT2D eigenvalue weighted by molar-refractivity contribution is -0.140. The van der Waals surface area contributed by atoms with Crippen LogP contribution in [-0.4, -0.2) is 25.9 Å². The van der Waals surface area contributed by atoms with Gasteiger partial charge in [0, 0.05) is 5.41 Å². The highest BCUT2D eigenvalue weighted by atomic mass is 19.4. The standard InChI is InChI=1S/C16H17F3N4.H4N2.H2O/c1-14(2)10-4-5-15(14,3)12-8(10)6-11(21-23-12)9-7-20-22-13(9)16(17,18)19;1-2;/h6-7,10H,4-5H2,1-3H3,(H,20,22);1-2H2;1H2/t10-,15+;;/m0../s1. The molecule has 2 aromatic heterocycles. The predicted octanol–water partition coefficient (Wildman–Crippen LogP) is 2.05. The van der Waals surface area contributed by atoms with E-state index < -0.39 is 11.9 Å². The second kappa shape index (κ2) is 6.29. The van der Waals surface area contributed by atoms with E-state index in [1.807, 2.05) is 5.10 Å². The number of nitrogens with two attached hydrogens (primary N) is 2. The minimum absolute atomic E-state index is 0. The van der Waals surface area contributed by atoms with Crippen LogP contribution in [0.5, 0.6) is 0 Å². The highest BCUT2D eigenvalue weighted by Gasteiger charge is 2.60. The smallest absolute Gasteiger partial charge is 0.412 e. The molecule has 7 N–H and O–H groups in total.